The predicted molar refractivity (Wildman–Crippen MR) is 149 cm³/mol. The summed E-state index contributed by atoms with van der Waals surface area (Å²) in [5.41, 5.74) is 0.787. The normalized spacial score (nSPS) is 24.1. The predicted octanol–water partition coefficient (Wildman–Crippen LogP) is 2.43. The van der Waals surface area contributed by atoms with E-state index in [-0.39, 0.29) is 29.1 Å². The lowest BCUT2D eigenvalue weighted by molar-refractivity contribution is -0.961. The molecule has 1 N–H and O–H groups in total. The molecule has 2 bridgehead atoms. The zero-order chi connectivity index (χ0) is 26.8. The number of esters is 2. The summed E-state index contributed by atoms with van der Waals surface area (Å²) in [7, 11) is 3.77. The SMILES string of the molecule is COC(=O)CCCc1ccc(C[N@+]2(C)[C@@H]3CC[C@H]2C[C@@H](OC(=O)C(O)(c2cccs2)c2cccs2)C3)cc1.[Br-]. The van der Waals surface area contributed by atoms with Crippen LogP contribution in [0.1, 0.15) is 59.4 Å². The van der Waals surface area contributed by atoms with Gasteiger partial charge in [0.2, 0.25) is 5.60 Å². The molecule has 0 saturated carbocycles. The summed E-state index contributed by atoms with van der Waals surface area (Å²) in [4.78, 5) is 26.0. The van der Waals surface area contributed by atoms with Gasteiger partial charge in [-0.1, -0.05) is 36.4 Å². The molecule has 39 heavy (non-hydrogen) atoms. The number of thiophene rings is 2. The van der Waals surface area contributed by atoms with Gasteiger partial charge < -0.3 is 36.0 Å². The van der Waals surface area contributed by atoms with E-state index in [4.69, 9.17) is 9.47 Å². The van der Waals surface area contributed by atoms with Crippen molar-refractivity contribution in [1.82, 2.24) is 0 Å². The minimum Gasteiger partial charge on any atom is -1.00 e. The Bertz CT molecular complexity index is 1180. The minimum absolute atomic E-state index is 0. The van der Waals surface area contributed by atoms with Crippen molar-refractivity contribution < 1.29 is 45.6 Å². The third kappa shape index (κ3) is 6.17. The van der Waals surface area contributed by atoms with E-state index >= 15 is 0 Å². The smallest absolute Gasteiger partial charge is 0.349 e. The number of carbonyl (C=O) groups is 2. The van der Waals surface area contributed by atoms with Crippen LogP contribution in [0.3, 0.4) is 0 Å². The summed E-state index contributed by atoms with van der Waals surface area (Å²) in [5.74, 6) is -0.725. The number of ether oxygens (including phenoxy) is 2. The fourth-order valence-electron chi connectivity index (χ4n) is 6.32. The van der Waals surface area contributed by atoms with Crippen LogP contribution in [0.15, 0.2) is 59.3 Å². The molecule has 0 radical (unpaired) electrons. The van der Waals surface area contributed by atoms with Crippen molar-refractivity contribution in [3.63, 3.8) is 0 Å². The van der Waals surface area contributed by atoms with Gasteiger partial charge in [0.1, 0.15) is 12.6 Å². The summed E-state index contributed by atoms with van der Waals surface area (Å²) in [6.45, 7) is 0.951. The molecule has 9 heteroatoms. The van der Waals surface area contributed by atoms with Gasteiger partial charge >= 0.3 is 11.9 Å². The second kappa shape index (κ2) is 12.6. The number of benzene rings is 1. The molecule has 0 amide bonds. The molecule has 4 heterocycles. The number of hydrogen-bond acceptors (Lipinski definition) is 7. The first-order valence-electron chi connectivity index (χ1n) is 13.3. The number of aryl methyl sites for hydroxylation is 1. The number of rotatable bonds is 10. The Balaban J connectivity index is 0.00000353. The van der Waals surface area contributed by atoms with Crippen molar-refractivity contribution >= 4 is 34.6 Å². The van der Waals surface area contributed by atoms with E-state index in [2.05, 4.69) is 31.3 Å². The molecule has 2 aliphatic heterocycles. The first kappa shape index (κ1) is 29.9. The lowest BCUT2D eigenvalue weighted by Gasteiger charge is -2.47. The zero-order valence-corrected chi connectivity index (χ0v) is 25.6. The number of fused-ring (bicyclic) bond motifs is 2. The number of carbonyl (C=O) groups excluding carboxylic acids is 2. The summed E-state index contributed by atoms with van der Waals surface area (Å²) in [6, 6.07) is 16.9. The fraction of sp³-hybridized carbons (Fsp3) is 0.467. The highest BCUT2D eigenvalue weighted by molar-refractivity contribution is 7.12. The van der Waals surface area contributed by atoms with E-state index < -0.39 is 11.6 Å². The Kier molecular flexibility index (Phi) is 9.70. The van der Waals surface area contributed by atoms with Crippen LogP contribution in [0.4, 0.5) is 0 Å². The van der Waals surface area contributed by atoms with Gasteiger partial charge in [-0.25, -0.2) is 4.79 Å². The molecule has 2 aliphatic rings. The molecule has 0 spiro atoms. The Morgan fingerprint density at radius 2 is 1.54 bits per heavy atom. The molecule has 2 fully saturated rings. The molecule has 3 aromatic rings. The van der Waals surface area contributed by atoms with Crippen molar-refractivity contribution in [2.75, 3.05) is 14.2 Å². The third-order valence-corrected chi connectivity index (χ3v) is 10.5. The van der Waals surface area contributed by atoms with Gasteiger partial charge in [0, 0.05) is 37.7 Å². The second-order valence-electron chi connectivity index (χ2n) is 10.8. The maximum atomic E-state index is 13.5. The van der Waals surface area contributed by atoms with Gasteiger partial charge in [-0.3, -0.25) is 4.79 Å². The number of quaternary nitrogens is 1. The fourth-order valence-corrected chi connectivity index (χ4v) is 8.03. The lowest BCUT2D eigenvalue weighted by Crippen LogP contribution is -3.00. The van der Waals surface area contributed by atoms with E-state index in [0.29, 0.717) is 28.3 Å². The average Bonchev–Trinajstić information content (AvgIpc) is 3.67. The average molecular weight is 635 g/mol. The maximum absolute atomic E-state index is 13.5. The second-order valence-corrected chi connectivity index (χ2v) is 12.7. The molecule has 0 aliphatic carbocycles. The number of methoxy groups -OCH3 is 1. The third-order valence-electron chi connectivity index (χ3n) is 8.52. The molecule has 0 unspecified atom stereocenters. The van der Waals surface area contributed by atoms with E-state index in [1.54, 1.807) is 12.1 Å². The zero-order valence-electron chi connectivity index (χ0n) is 22.4. The van der Waals surface area contributed by atoms with Gasteiger partial charge in [-0.2, -0.15) is 0 Å². The minimum atomic E-state index is -1.75. The van der Waals surface area contributed by atoms with Gasteiger partial charge in [0.05, 0.1) is 36.0 Å². The van der Waals surface area contributed by atoms with Gasteiger partial charge in [-0.15, -0.1) is 22.7 Å². The number of piperidine rings is 1. The standard InChI is InChI=1S/C30H36NO5S2.BrH/c1-31(20-22-12-10-21(11-13-22)6-3-9-28(32)35-2)23-14-15-24(31)19-25(18-23)36-29(33)30(34,26-7-4-16-37-26)27-8-5-17-38-27;/h4-5,7-8,10-13,16-17,23-25,34H,3,6,9,14-15,18-20H2,1-2H3;1H/q+1;/p-1/t23-,24+,25+,31-;. The quantitative estimate of drug-likeness (QED) is 0.274. The van der Waals surface area contributed by atoms with E-state index in [9.17, 15) is 14.7 Å². The number of aliphatic hydroxyl groups is 1. The molecule has 6 nitrogen and oxygen atoms in total. The summed E-state index contributed by atoms with van der Waals surface area (Å²) in [6.07, 6.45) is 5.79. The number of nitrogens with zero attached hydrogens (tertiary/aromatic N) is 1. The molecule has 1 aromatic carbocycles. The molecule has 5 rings (SSSR count). The van der Waals surface area contributed by atoms with Gasteiger partial charge in [0.25, 0.3) is 0 Å². The molecule has 2 aromatic heterocycles. The van der Waals surface area contributed by atoms with Crippen molar-refractivity contribution in [1.29, 1.82) is 0 Å². The lowest BCUT2D eigenvalue weighted by atomic mass is 9.94. The topological polar surface area (TPSA) is 72.8 Å². The van der Waals surface area contributed by atoms with Crippen molar-refractivity contribution in [3.05, 3.63) is 80.2 Å². The highest BCUT2D eigenvalue weighted by Crippen LogP contribution is 2.45. The van der Waals surface area contributed by atoms with Crippen LogP contribution in [0.25, 0.3) is 0 Å². The van der Waals surface area contributed by atoms with Crippen molar-refractivity contribution in [3.8, 4) is 0 Å². The Morgan fingerprint density at radius 3 is 2.05 bits per heavy atom. The van der Waals surface area contributed by atoms with Crippen LogP contribution in [-0.2, 0) is 37.6 Å². The van der Waals surface area contributed by atoms with Crippen LogP contribution >= 0.6 is 22.7 Å². The van der Waals surface area contributed by atoms with Crippen LogP contribution < -0.4 is 17.0 Å². The van der Waals surface area contributed by atoms with Crippen LogP contribution in [0, 0.1) is 0 Å². The summed E-state index contributed by atoms with van der Waals surface area (Å²) >= 11 is 2.74. The Morgan fingerprint density at radius 1 is 0.974 bits per heavy atom. The molecule has 4 atom stereocenters. The van der Waals surface area contributed by atoms with Gasteiger partial charge in [0.15, 0.2) is 0 Å². The summed E-state index contributed by atoms with van der Waals surface area (Å²) in [5, 5.41) is 15.4. The van der Waals surface area contributed by atoms with E-state index in [1.807, 2.05) is 22.9 Å². The molecule has 210 valence electrons. The van der Waals surface area contributed by atoms with Crippen molar-refractivity contribution in [2.24, 2.45) is 0 Å². The summed E-state index contributed by atoms with van der Waals surface area (Å²) < 4.78 is 11.8. The van der Waals surface area contributed by atoms with Crippen LogP contribution in [0.5, 0.6) is 0 Å². The highest BCUT2D eigenvalue weighted by atomic mass is 79.9. The van der Waals surface area contributed by atoms with E-state index in [1.165, 1.54) is 40.9 Å². The Hall–Kier alpha value is -2.04. The van der Waals surface area contributed by atoms with Crippen LogP contribution in [0.2, 0.25) is 0 Å². The van der Waals surface area contributed by atoms with Gasteiger partial charge in [-0.05, 0) is 41.3 Å². The highest BCUT2D eigenvalue weighted by Gasteiger charge is 2.53. The van der Waals surface area contributed by atoms with Crippen molar-refractivity contribution in [2.45, 2.75) is 75.3 Å². The maximum Gasteiger partial charge on any atom is 0.349 e. The first-order valence-corrected chi connectivity index (χ1v) is 15.1. The van der Waals surface area contributed by atoms with Crippen LogP contribution in [-0.4, -0.2) is 53.9 Å². The molecule has 2 saturated heterocycles. The number of halogens is 1. The Labute approximate surface area is 248 Å². The molecular weight excluding hydrogens is 598 g/mol. The first-order chi connectivity index (χ1) is 18.3. The number of hydrogen-bond donors (Lipinski definition) is 1. The monoisotopic (exact) mass is 633 g/mol. The largest absolute Gasteiger partial charge is 1.00 e. The molecular formula is C30H36BrNO5S2. The van der Waals surface area contributed by atoms with E-state index in [0.717, 1.165) is 49.6 Å².